The highest BCUT2D eigenvalue weighted by atomic mass is 16.5. The summed E-state index contributed by atoms with van der Waals surface area (Å²) in [6.07, 6.45) is 4.29. The van der Waals surface area contributed by atoms with Crippen LogP contribution < -0.4 is 15.4 Å². The van der Waals surface area contributed by atoms with Crippen molar-refractivity contribution < 1.29 is 9.53 Å². The number of pyridine rings is 1. The standard InChI is InChI=1S/C20H27N3O2/c1-4-16(5-2)20(24)23-17-8-11-19(22-14-17)21-13-12-15-6-9-18(25-3)10-7-15/h6-11,14,16H,4-5,12-13H2,1-3H3,(H,21,22)(H,23,24). The highest BCUT2D eigenvalue weighted by molar-refractivity contribution is 5.92. The molecule has 2 N–H and O–H groups in total. The van der Waals surface area contributed by atoms with Crippen LogP contribution in [0.4, 0.5) is 11.5 Å². The van der Waals surface area contributed by atoms with Crippen molar-refractivity contribution >= 4 is 17.4 Å². The maximum absolute atomic E-state index is 12.1. The Bertz CT molecular complexity index is 650. The minimum Gasteiger partial charge on any atom is -0.497 e. The van der Waals surface area contributed by atoms with Gasteiger partial charge in [0.2, 0.25) is 5.91 Å². The minimum atomic E-state index is 0.0577. The molecule has 0 aliphatic carbocycles. The van der Waals surface area contributed by atoms with Gasteiger partial charge in [0.1, 0.15) is 11.6 Å². The predicted molar refractivity (Wildman–Crippen MR) is 102 cm³/mol. The Morgan fingerprint density at radius 2 is 1.84 bits per heavy atom. The van der Waals surface area contributed by atoms with Crippen molar-refractivity contribution in [2.24, 2.45) is 5.92 Å². The molecule has 5 heteroatoms. The lowest BCUT2D eigenvalue weighted by Crippen LogP contribution is -2.21. The molecule has 0 spiro atoms. The first-order chi connectivity index (χ1) is 12.2. The Hall–Kier alpha value is -2.56. The van der Waals surface area contributed by atoms with Crippen molar-refractivity contribution in [1.29, 1.82) is 0 Å². The van der Waals surface area contributed by atoms with Crippen molar-refractivity contribution in [3.8, 4) is 5.75 Å². The fraction of sp³-hybridized carbons (Fsp3) is 0.400. The lowest BCUT2D eigenvalue weighted by atomic mass is 10.0. The molecule has 0 atom stereocenters. The fourth-order valence-corrected chi connectivity index (χ4v) is 2.60. The number of aromatic nitrogens is 1. The molecule has 0 fully saturated rings. The summed E-state index contributed by atoms with van der Waals surface area (Å²) in [7, 11) is 1.67. The molecule has 0 aliphatic heterocycles. The molecule has 1 amide bonds. The van der Waals surface area contributed by atoms with E-state index < -0.39 is 0 Å². The minimum absolute atomic E-state index is 0.0577. The molecule has 2 aromatic rings. The van der Waals surface area contributed by atoms with E-state index in [1.54, 1.807) is 13.3 Å². The molecule has 0 bridgehead atoms. The van der Waals surface area contributed by atoms with E-state index in [0.29, 0.717) is 0 Å². The largest absolute Gasteiger partial charge is 0.497 e. The fourth-order valence-electron chi connectivity index (χ4n) is 2.60. The normalized spacial score (nSPS) is 10.6. The lowest BCUT2D eigenvalue weighted by molar-refractivity contribution is -0.120. The molecule has 1 aromatic heterocycles. The number of hydrogen-bond acceptors (Lipinski definition) is 4. The highest BCUT2D eigenvalue weighted by Crippen LogP contribution is 2.15. The van der Waals surface area contributed by atoms with Crippen LogP contribution in [0.25, 0.3) is 0 Å². The molecule has 1 aromatic carbocycles. The van der Waals surface area contributed by atoms with E-state index in [4.69, 9.17) is 4.74 Å². The quantitative estimate of drug-likeness (QED) is 0.720. The van der Waals surface area contributed by atoms with Crippen LogP contribution in [0.3, 0.4) is 0 Å². The smallest absolute Gasteiger partial charge is 0.227 e. The molecule has 0 unspecified atom stereocenters. The maximum atomic E-state index is 12.1. The summed E-state index contributed by atoms with van der Waals surface area (Å²) in [6.45, 7) is 4.85. The van der Waals surface area contributed by atoms with E-state index in [-0.39, 0.29) is 11.8 Å². The second kappa shape index (κ2) is 9.67. The van der Waals surface area contributed by atoms with E-state index >= 15 is 0 Å². The number of carbonyl (C=O) groups excluding carboxylic acids is 1. The lowest BCUT2D eigenvalue weighted by Gasteiger charge is -2.13. The number of methoxy groups -OCH3 is 1. The van der Waals surface area contributed by atoms with Crippen LogP contribution in [-0.4, -0.2) is 24.5 Å². The molecule has 0 radical (unpaired) electrons. The molecular formula is C20H27N3O2. The van der Waals surface area contributed by atoms with E-state index in [2.05, 4.69) is 27.8 Å². The van der Waals surface area contributed by atoms with Crippen molar-refractivity contribution in [2.75, 3.05) is 24.3 Å². The summed E-state index contributed by atoms with van der Waals surface area (Å²) in [5.41, 5.74) is 1.97. The zero-order valence-corrected chi connectivity index (χ0v) is 15.2. The van der Waals surface area contributed by atoms with Crippen molar-refractivity contribution in [2.45, 2.75) is 33.1 Å². The van der Waals surface area contributed by atoms with Gasteiger partial charge in [0.25, 0.3) is 0 Å². The van der Waals surface area contributed by atoms with Crippen LogP contribution in [0.5, 0.6) is 5.75 Å². The Labute approximate surface area is 149 Å². The third kappa shape index (κ3) is 5.78. The molecule has 0 saturated heterocycles. The van der Waals surface area contributed by atoms with E-state index in [0.717, 1.165) is 43.1 Å². The van der Waals surface area contributed by atoms with Gasteiger partial charge in [-0.25, -0.2) is 4.98 Å². The van der Waals surface area contributed by atoms with Gasteiger partial charge in [-0.2, -0.15) is 0 Å². The van der Waals surface area contributed by atoms with Gasteiger partial charge in [0, 0.05) is 12.5 Å². The summed E-state index contributed by atoms with van der Waals surface area (Å²) in [5, 5.41) is 6.22. The maximum Gasteiger partial charge on any atom is 0.227 e. The summed E-state index contributed by atoms with van der Waals surface area (Å²) in [6, 6.07) is 11.8. The van der Waals surface area contributed by atoms with Gasteiger partial charge in [-0.3, -0.25) is 4.79 Å². The zero-order chi connectivity index (χ0) is 18.1. The van der Waals surface area contributed by atoms with E-state index in [1.807, 2.05) is 38.1 Å². The third-order valence-electron chi connectivity index (χ3n) is 4.27. The zero-order valence-electron chi connectivity index (χ0n) is 15.2. The van der Waals surface area contributed by atoms with Gasteiger partial charge in [-0.1, -0.05) is 26.0 Å². The number of nitrogens with one attached hydrogen (secondary N) is 2. The van der Waals surface area contributed by atoms with Gasteiger partial charge in [0.05, 0.1) is 19.0 Å². The Morgan fingerprint density at radius 1 is 1.12 bits per heavy atom. The number of amides is 1. The molecule has 0 saturated carbocycles. The molecule has 2 rings (SSSR count). The first kappa shape index (κ1) is 18.8. The molecule has 0 aliphatic rings. The summed E-state index contributed by atoms with van der Waals surface area (Å²) in [4.78, 5) is 16.4. The van der Waals surface area contributed by atoms with Gasteiger partial charge in [-0.05, 0) is 49.1 Å². The van der Waals surface area contributed by atoms with E-state index in [9.17, 15) is 4.79 Å². The number of hydrogen-bond donors (Lipinski definition) is 2. The second-order valence-corrected chi connectivity index (χ2v) is 5.96. The van der Waals surface area contributed by atoms with E-state index in [1.165, 1.54) is 5.56 Å². The average molecular weight is 341 g/mol. The van der Waals surface area contributed by atoms with Crippen molar-refractivity contribution in [1.82, 2.24) is 4.98 Å². The number of carbonyl (C=O) groups is 1. The highest BCUT2D eigenvalue weighted by Gasteiger charge is 2.14. The van der Waals surface area contributed by atoms with Crippen LogP contribution in [0.1, 0.15) is 32.3 Å². The SMILES string of the molecule is CCC(CC)C(=O)Nc1ccc(NCCc2ccc(OC)cc2)nc1. The number of ether oxygens (including phenoxy) is 1. The van der Waals surface area contributed by atoms with Crippen LogP contribution in [-0.2, 0) is 11.2 Å². The Morgan fingerprint density at radius 3 is 2.40 bits per heavy atom. The number of benzene rings is 1. The van der Waals surface area contributed by atoms with Gasteiger partial charge >= 0.3 is 0 Å². The average Bonchev–Trinajstić information content (AvgIpc) is 2.65. The Balaban J connectivity index is 1.80. The third-order valence-corrected chi connectivity index (χ3v) is 4.27. The summed E-state index contributed by atoms with van der Waals surface area (Å²) >= 11 is 0. The molecule has 134 valence electrons. The first-order valence-corrected chi connectivity index (χ1v) is 8.80. The van der Waals surface area contributed by atoms with Crippen molar-refractivity contribution in [3.05, 3.63) is 48.2 Å². The van der Waals surface area contributed by atoms with Gasteiger partial charge in [-0.15, -0.1) is 0 Å². The van der Waals surface area contributed by atoms with Gasteiger partial charge in [0.15, 0.2) is 0 Å². The molecular weight excluding hydrogens is 314 g/mol. The van der Waals surface area contributed by atoms with Crippen LogP contribution in [0.2, 0.25) is 0 Å². The number of anilines is 2. The topological polar surface area (TPSA) is 63.2 Å². The van der Waals surface area contributed by atoms with Crippen molar-refractivity contribution in [3.63, 3.8) is 0 Å². The first-order valence-electron chi connectivity index (χ1n) is 8.80. The summed E-state index contributed by atoms with van der Waals surface area (Å²) in [5.74, 6) is 1.78. The molecule has 1 heterocycles. The Kier molecular flexibility index (Phi) is 7.26. The summed E-state index contributed by atoms with van der Waals surface area (Å²) < 4.78 is 5.16. The number of nitrogens with zero attached hydrogens (tertiary/aromatic N) is 1. The predicted octanol–water partition coefficient (Wildman–Crippen LogP) is 4.12. The van der Waals surface area contributed by atoms with Gasteiger partial charge < -0.3 is 15.4 Å². The molecule has 25 heavy (non-hydrogen) atoms. The monoisotopic (exact) mass is 341 g/mol. The van der Waals surface area contributed by atoms with Crippen LogP contribution in [0, 0.1) is 5.92 Å². The molecule has 5 nitrogen and oxygen atoms in total. The second-order valence-electron chi connectivity index (χ2n) is 5.96. The van der Waals surface area contributed by atoms with Crippen LogP contribution >= 0.6 is 0 Å². The van der Waals surface area contributed by atoms with Crippen LogP contribution in [0.15, 0.2) is 42.6 Å². The number of rotatable bonds is 9.